The molecule has 72 valence electrons. The quantitative estimate of drug-likeness (QED) is 0.642. The minimum absolute atomic E-state index is 0.225. The largest absolute Gasteiger partial charge is 0.391 e. The van der Waals surface area contributed by atoms with E-state index >= 15 is 0 Å². The van der Waals surface area contributed by atoms with Gasteiger partial charge in [-0.15, -0.1) is 0 Å². The van der Waals surface area contributed by atoms with Crippen molar-refractivity contribution < 1.29 is 9.90 Å². The third kappa shape index (κ3) is 1.61. The Labute approximate surface area is 78.0 Å². The average Bonchev–Trinajstić information content (AvgIpc) is 2.61. The van der Waals surface area contributed by atoms with Crippen molar-refractivity contribution in [2.24, 2.45) is 5.92 Å². The van der Waals surface area contributed by atoms with Crippen LogP contribution in [0.15, 0.2) is 11.8 Å². The van der Waals surface area contributed by atoms with Crippen LogP contribution in [0.3, 0.4) is 0 Å². The molecule has 1 saturated heterocycles. The van der Waals surface area contributed by atoms with Gasteiger partial charge in [-0.05, 0) is 6.42 Å². The topological polar surface area (TPSA) is 40.5 Å². The van der Waals surface area contributed by atoms with E-state index in [0.717, 1.165) is 18.7 Å². The molecule has 0 saturated carbocycles. The van der Waals surface area contributed by atoms with Crippen molar-refractivity contribution >= 4 is 5.78 Å². The highest BCUT2D eigenvalue weighted by atomic mass is 16.3. The summed E-state index contributed by atoms with van der Waals surface area (Å²) in [6.07, 6.45) is 3.01. The summed E-state index contributed by atoms with van der Waals surface area (Å²) in [6.45, 7) is 3.63. The number of carbonyl (C=O) groups is 1. The number of nitrogens with zero attached hydrogens (tertiary/aromatic N) is 1. The second-order valence-corrected chi connectivity index (χ2v) is 4.05. The predicted molar refractivity (Wildman–Crippen MR) is 49.1 cm³/mol. The van der Waals surface area contributed by atoms with Gasteiger partial charge >= 0.3 is 0 Å². The normalized spacial score (nSPS) is 34.2. The molecule has 1 N–H and O–H groups in total. The fraction of sp³-hybridized carbons (Fsp3) is 0.700. The van der Waals surface area contributed by atoms with E-state index in [1.165, 1.54) is 0 Å². The summed E-state index contributed by atoms with van der Waals surface area (Å²) in [5.41, 5.74) is 1.12. The first-order valence-corrected chi connectivity index (χ1v) is 4.83. The summed E-state index contributed by atoms with van der Waals surface area (Å²) in [5, 5.41) is 9.54. The molecular formula is C10H15NO2. The van der Waals surface area contributed by atoms with Gasteiger partial charge in [0.25, 0.3) is 0 Å². The van der Waals surface area contributed by atoms with Crippen LogP contribution >= 0.6 is 0 Å². The van der Waals surface area contributed by atoms with Gasteiger partial charge < -0.3 is 10.0 Å². The SMILES string of the molecule is CC1CN(C2=CC(=O)CC2)CC1O. The molecule has 0 aromatic rings. The molecule has 2 rings (SSSR count). The highest BCUT2D eigenvalue weighted by Gasteiger charge is 2.30. The zero-order valence-corrected chi connectivity index (χ0v) is 7.86. The molecule has 13 heavy (non-hydrogen) atoms. The summed E-state index contributed by atoms with van der Waals surface area (Å²) in [6, 6.07) is 0. The Morgan fingerprint density at radius 2 is 2.23 bits per heavy atom. The summed E-state index contributed by atoms with van der Waals surface area (Å²) in [5.74, 6) is 0.556. The van der Waals surface area contributed by atoms with Gasteiger partial charge in [0.1, 0.15) is 0 Å². The molecule has 0 bridgehead atoms. The number of aliphatic hydroxyl groups excluding tert-OH is 1. The molecule has 0 amide bonds. The molecule has 2 aliphatic rings. The van der Waals surface area contributed by atoms with Crippen LogP contribution < -0.4 is 0 Å². The van der Waals surface area contributed by atoms with Crippen LogP contribution in [0, 0.1) is 5.92 Å². The number of β-amino-alcohol motifs (C(OH)–C–C–N with tert-alkyl or cyclic N) is 1. The number of hydrogen-bond donors (Lipinski definition) is 1. The highest BCUT2D eigenvalue weighted by Crippen LogP contribution is 2.26. The first-order valence-electron chi connectivity index (χ1n) is 4.83. The van der Waals surface area contributed by atoms with E-state index in [-0.39, 0.29) is 11.9 Å². The van der Waals surface area contributed by atoms with Gasteiger partial charge in [-0.1, -0.05) is 6.92 Å². The average molecular weight is 181 g/mol. The molecule has 0 aromatic carbocycles. The molecule has 3 heteroatoms. The molecule has 1 heterocycles. The first-order chi connectivity index (χ1) is 6.16. The molecule has 0 radical (unpaired) electrons. The van der Waals surface area contributed by atoms with Crippen molar-refractivity contribution in [2.45, 2.75) is 25.9 Å². The highest BCUT2D eigenvalue weighted by molar-refractivity contribution is 5.92. The van der Waals surface area contributed by atoms with Crippen LogP contribution in [-0.4, -0.2) is 35.0 Å². The number of ketones is 1. The number of allylic oxidation sites excluding steroid dienone is 2. The molecule has 2 unspecified atom stereocenters. The third-order valence-electron chi connectivity index (χ3n) is 2.93. The molecule has 1 aliphatic heterocycles. The fourth-order valence-electron chi connectivity index (χ4n) is 2.01. The van der Waals surface area contributed by atoms with Gasteiger partial charge in [0.05, 0.1) is 6.10 Å². The summed E-state index contributed by atoms with van der Waals surface area (Å²) < 4.78 is 0. The van der Waals surface area contributed by atoms with Crippen molar-refractivity contribution in [1.82, 2.24) is 4.90 Å². The zero-order chi connectivity index (χ0) is 9.42. The lowest BCUT2D eigenvalue weighted by Gasteiger charge is -2.18. The fourth-order valence-corrected chi connectivity index (χ4v) is 2.01. The standard InChI is InChI=1S/C10H15NO2/c1-7-5-11(6-10(7)13)8-2-3-9(12)4-8/h4,7,10,13H,2-3,5-6H2,1H3. The Kier molecular flexibility index (Phi) is 2.12. The maximum Gasteiger partial charge on any atom is 0.157 e. The molecule has 3 nitrogen and oxygen atoms in total. The van der Waals surface area contributed by atoms with Crippen molar-refractivity contribution in [3.8, 4) is 0 Å². The lowest BCUT2D eigenvalue weighted by atomic mass is 10.1. The maximum atomic E-state index is 11.0. The second-order valence-electron chi connectivity index (χ2n) is 4.05. The van der Waals surface area contributed by atoms with Crippen molar-refractivity contribution in [3.05, 3.63) is 11.8 Å². The predicted octanol–water partition coefficient (Wildman–Crippen LogP) is 0.546. The van der Waals surface area contributed by atoms with Gasteiger partial charge in [0.15, 0.2) is 5.78 Å². The Hall–Kier alpha value is -0.830. The van der Waals surface area contributed by atoms with Crippen LogP contribution in [0.2, 0.25) is 0 Å². The molecule has 1 fully saturated rings. The Morgan fingerprint density at radius 3 is 2.69 bits per heavy atom. The maximum absolute atomic E-state index is 11.0. The molecule has 1 aliphatic carbocycles. The zero-order valence-electron chi connectivity index (χ0n) is 7.86. The van der Waals surface area contributed by atoms with Crippen molar-refractivity contribution in [2.75, 3.05) is 13.1 Å². The number of rotatable bonds is 1. The molecule has 0 aromatic heterocycles. The minimum atomic E-state index is -0.225. The van der Waals surface area contributed by atoms with Gasteiger partial charge in [-0.3, -0.25) is 4.79 Å². The summed E-state index contributed by atoms with van der Waals surface area (Å²) >= 11 is 0. The molecule has 2 atom stereocenters. The van der Waals surface area contributed by atoms with Gasteiger partial charge in [-0.2, -0.15) is 0 Å². The molecular weight excluding hydrogens is 166 g/mol. The van der Waals surface area contributed by atoms with Gasteiger partial charge in [0.2, 0.25) is 0 Å². The number of aliphatic hydroxyl groups is 1. The lowest BCUT2D eigenvalue weighted by molar-refractivity contribution is -0.114. The number of hydrogen-bond acceptors (Lipinski definition) is 3. The van der Waals surface area contributed by atoms with Crippen molar-refractivity contribution in [3.63, 3.8) is 0 Å². The van der Waals surface area contributed by atoms with Gasteiger partial charge in [-0.25, -0.2) is 0 Å². The monoisotopic (exact) mass is 181 g/mol. The van der Waals surface area contributed by atoms with E-state index in [0.29, 0.717) is 18.9 Å². The number of carbonyl (C=O) groups excluding carboxylic acids is 1. The molecule has 0 spiro atoms. The summed E-state index contributed by atoms with van der Waals surface area (Å²) in [7, 11) is 0. The third-order valence-corrected chi connectivity index (χ3v) is 2.93. The van der Waals surface area contributed by atoms with E-state index in [2.05, 4.69) is 4.90 Å². The van der Waals surface area contributed by atoms with E-state index in [1.807, 2.05) is 6.92 Å². The Morgan fingerprint density at radius 1 is 1.46 bits per heavy atom. The van der Waals surface area contributed by atoms with E-state index in [1.54, 1.807) is 6.08 Å². The summed E-state index contributed by atoms with van der Waals surface area (Å²) in [4.78, 5) is 13.1. The lowest BCUT2D eigenvalue weighted by Crippen LogP contribution is -2.20. The van der Waals surface area contributed by atoms with E-state index in [4.69, 9.17) is 0 Å². The van der Waals surface area contributed by atoms with E-state index < -0.39 is 0 Å². The Balaban J connectivity index is 2.04. The van der Waals surface area contributed by atoms with Crippen LogP contribution in [0.1, 0.15) is 19.8 Å². The second kappa shape index (κ2) is 3.14. The number of likely N-dealkylation sites (tertiary alicyclic amines) is 1. The van der Waals surface area contributed by atoms with Gasteiger partial charge in [0, 0.05) is 37.2 Å². The minimum Gasteiger partial charge on any atom is -0.391 e. The van der Waals surface area contributed by atoms with Crippen LogP contribution in [0.5, 0.6) is 0 Å². The van der Waals surface area contributed by atoms with E-state index in [9.17, 15) is 9.90 Å². The Bertz CT molecular complexity index is 250. The first kappa shape index (κ1) is 8.75. The van der Waals surface area contributed by atoms with Crippen LogP contribution in [-0.2, 0) is 4.79 Å². The van der Waals surface area contributed by atoms with Crippen molar-refractivity contribution in [1.29, 1.82) is 0 Å². The smallest absolute Gasteiger partial charge is 0.157 e. The van der Waals surface area contributed by atoms with Crippen LogP contribution in [0.4, 0.5) is 0 Å². The van der Waals surface area contributed by atoms with Crippen LogP contribution in [0.25, 0.3) is 0 Å².